The molecule has 0 radical (unpaired) electrons. The van der Waals surface area contributed by atoms with Crippen molar-refractivity contribution in [1.82, 2.24) is 4.57 Å². The molecule has 0 bridgehead atoms. The maximum absolute atomic E-state index is 13.8. The topological polar surface area (TPSA) is 22.0 Å². The lowest BCUT2D eigenvalue weighted by Gasteiger charge is -2.10. The van der Waals surface area contributed by atoms with Gasteiger partial charge in [-0.15, -0.1) is 0 Å². The predicted molar refractivity (Wildman–Crippen MR) is 69.5 cm³/mol. The van der Waals surface area contributed by atoms with E-state index in [-0.39, 0.29) is 11.2 Å². The molecule has 0 aliphatic carbocycles. The Morgan fingerprint density at radius 3 is 2.47 bits per heavy atom. The van der Waals surface area contributed by atoms with E-state index in [9.17, 15) is 13.6 Å². The van der Waals surface area contributed by atoms with Gasteiger partial charge in [-0.1, -0.05) is 18.2 Å². The highest BCUT2D eigenvalue weighted by molar-refractivity contribution is 5.80. The molecule has 3 rings (SSSR count). The average Bonchev–Trinajstić information content (AvgIpc) is 2.40. The standard InChI is InChI=1S/C15H9F2NO/c16-11-6-7-14(12(17)9-11)18-13-4-2-1-3-10(13)5-8-15(18)19/h1-9H. The number of fused-ring (bicyclic) bond motifs is 1. The lowest BCUT2D eigenvalue weighted by Crippen LogP contribution is -2.18. The van der Waals surface area contributed by atoms with Gasteiger partial charge in [0.15, 0.2) is 0 Å². The molecule has 0 amide bonds. The molecular formula is C15H9F2NO. The summed E-state index contributed by atoms with van der Waals surface area (Å²) in [6, 6.07) is 13.3. The van der Waals surface area contributed by atoms with Crippen LogP contribution in [0, 0.1) is 11.6 Å². The third-order valence-corrected chi connectivity index (χ3v) is 2.95. The van der Waals surface area contributed by atoms with E-state index in [4.69, 9.17) is 0 Å². The second kappa shape index (κ2) is 4.31. The molecule has 0 aliphatic rings. The molecule has 94 valence electrons. The molecule has 0 N–H and O–H groups in total. The van der Waals surface area contributed by atoms with Crippen LogP contribution in [0.1, 0.15) is 0 Å². The lowest BCUT2D eigenvalue weighted by atomic mass is 10.2. The minimum Gasteiger partial charge on any atom is -0.274 e. The summed E-state index contributed by atoms with van der Waals surface area (Å²) in [5.41, 5.74) is 0.271. The molecule has 1 aromatic heterocycles. The van der Waals surface area contributed by atoms with Crippen LogP contribution in [0.3, 0.4) is 0 Å². The summed E-state index contributed by atoms with van der Waals surface area (Å²) in [6.45, 7) is 0. The highest BCUT2D eigenvalue weighted by Crippen LogP contribution is 2.19. The van der Waals surface area contributed by atoms with Gasteiger partial charge in [-0.05, 0) is 29.7 Å². The zero-order valence-electron chi connectivity index (χ0n) is 9.81. The second-order valence-electron chi connectivity index (χ2n) is 4.16. The van der Waals surface area contributed by atoms with Crippen molar-refractivity contribution in [1.29, 1.82) is 0 Å². The number of benzene rings is 2. The van der Waals surface area contributed by atoms with Gasteiger partial charge in [0, 0.05) is 12.1 Å². The van der Waals surface area contributed by atoms with Crippen molar-refractivity contribution in [2.45, 2.75) is 0 Å². The Morgan fingerprint density at radius 2 is 1.68 bits per heavy atom. The molecule has 0 saturated carbocycles. The summed E-state index contributed by atoms with van der Waals surface area (Å²) in [5, 5.41) is 0.811. The van der Waals surface area contributed by atoms with E-state index >= 15 is 0 Å². The van der Waals surface area contributed by atoms with Crippen molar-refractivity contribution >= 4 is 10.9 Å². The fraction of sp³-hybridized carbons (Fsp3) is 0. The summed E-state index contributed by atoms with van der Waals surface area (Å²) in [5.74, 6) is -1.44. The number of halogens is 2. The zero-order valence-corrected chi connectivity index (χ0v) is 9.81. The van der Waals surface area contributed by atoms with E-state index in [0.717, 1.165) is 17.5 Å². The number of aromatic nitrogens is 1. The van der Waals surface area contributed by atoms with Gasteiger partial charge < -0.3 is 0 Å². The third-order valence-electron chi connectivity index (χ3n) is 2.95. The molecule has 0 saturated heterocycles. The molecule has 2 nitrogen and oxygen atoms in total. The molecule has 0 fully saturated rings. The number of hydrogen-bond donors (Lipinski definition) is 0. The third kappa shape index (κ3) is 1.91. The summed E-state index contributed by atoms with van der Waals surface area (Å²) in [7, 11) is 0. The van der Waals surface area contributed by atoms with Gasteiger partial charge >= 0.3 is 0 Å². The Morgan fingerprint density at radius 1 is 0.895 bits per heavy atom. The summed E-state index contributed by atoms with van der Waals surface area (Å²) in [6.07, 6.45) is 0. The normalized spacial score (nSPS) is 10.8. The summed E-state index contributed by atoms with van der Waals surface area (Å²) in [4.78, 5) is 12.0. The number of rotatable bonds is 1. The molecular weight excluding hydrogens is 248 g/mol. The number of pyridine rings is 1. The quantitative estimate of drug-likeness (QED) is 0.655. The van der Waals surface area contributed by atoms with Crippen LogP contribution in [0.4, 0.5) is 8.78 Å². The molecule has 0 aliphatic heterocycles. The number of hydrogen-bond acceptors (Lipinski definition) is 1. The van der Waals surface area contributed by atoms with Crippen molar-refractivity contribution in [2.24, 2.45) is 0 Å². The van der Waals surface area contributed by atoms with Gasteiger partial charge in [0.2, 0.25) is 0 Å². The summed E-state index contributed by atoms with van der Waals surface area (Å²) < 4.78 is 28.0. The lowest BCUT2D eigenvalue weighted by molar-refractivity contribution is 0.578. The smallest absolute Gasteiger partial charge is 0.255 e. The molecule has 4 heteroatoms. The first kappa shape index (κ1) is 11.6. The maximum atomic E-state index is 13.8. The molecule has 0 atom stereocenters. The van der Waals surface area contributed by atoms with Gasteiger partial charge in [0.25, 0.3) is 5.56 Å². The zero-order chi connectivity index (χ0) is 13.4. The van der Waals surface area contributed by atoms with Crippen LogP contribution in [0.5, 0.6) is 0 Å². The van der Waals surface area contributed by atoms with Crippen molar-refractivity contribution in [3.63, 3.8) is 0 Å². The Hall–Kier alpha value is -2.49. The molecule has 2 aromatic carbocycles. The minimum atomic E-state index is -0.765. The Kier molecular flexibility index (Phi) is 2.63. The van der Waals surface area contributed by atoms with Crippen molar-refractivity contribution < 1.29 is 8.78 Å². The highest BCUT2D eigenvalue weighted by Gasteiger charge is 2.10. The van der Waals surface area contributed by atoms with Crippen molar-refractivity contribution in [3.05, 3.63) is 76.6 Å². The monoisotopic (exact) mass is 257 g/mol. The predicted octanol–water partition coefficient (Wildman–Crippen LogP) is 3.27. The van der Waals surface area contributed by atoms with Crippen LogP contribution in [0.25, 0.3) is 16.6 Å². The van der Waals surface area contributed by atoms with E-state index in [0.29, 0.717) is 5.52 Å². The Balaban J connectivity index is 2.42. The van der Waals surface area contributed by atoms with E-state index in [1.54, 1.807) is 18.2 Å². The van der Waals surface area contributed by atoms with E-state index < -0.39 is 11.6 Å². The van der Waals surface area contributed by atoms with Crippen LogP contribution in [0.2, 0.25) is 0 Å². The molecule has 19 heavy (non-hydrogen) atoms. The first-order chi connectivity index (χ1) is 9.16. The van der Waals surface area contributed by atoms with Gasteiger partial charge in [0.05, 0.1) is 11.2 Å². The van der Waals surface area contributed by atoms with Crippen LogP contribution in [0.15, 0.2) is 59.4 Å². The van der Waals surface area contributed by atoms with Crippen molar-refractivity contribution in [2.75, 3.05) is 0 Å². The largest absolute Gasteiger partial charge is 0.274 e. The first-order valence-corrected chi connectivity index (χ1v) is 5.73. The van der Waals surface area contributed by atoms with Gasteiger partial charge in [-0.3, -0.25) is 9.36 Å². The molecule has 3 aromatic rings. The maximum Gasteiger partial charge on any atom is 0.255 e. The fourth-order valence-electron chi connectivity index (χ4n) is 2.10. The van der Waals surface area contributed by atoms with Gasteiger partial charge in [-0.2, -0.15) is 0 Å². The molecule has 0 spiro atoms. The fourth-order valence-corrected chi connectivity index (χ4v) is 2.10. The van der Waals surface area contributed by atoms with Crippen molar-refractivity contribution in [3.8, 4) is 5.69 Å². The number of nitrogens with zero attached hydrogens (tertiary/aromatic N) is 1. The SMILES string of the molecule is O=c1ccc2ccccc2n1-c1ccc(F)cc1F. The number of para-hydroxylation sites is 1. The Labute approximate surface area is 107 Å². The Bertz CT molecular complexity index is 824. The average molecular weight is 257 g/mol. The van der Waals surface area contributed by atoms with E-state index in [1.807, 2.05) is 12.1 Å². The van der Waals surface area contributed by atoms with Gasteiger partial charge in [0.1, 0.15) is 11.6 Å². The minimum absolute atomic E-state index is 0.0446. The van der Waals surface area contributed by atoms with Crippen LogP contribution in [-0.2, 0) is 0 Å². The first-order valence-electron chi connectivity index (χ1n) is 5.73. The molecule has 0 unspecified atom stereocenters. The molecule has 1 heterocycles. The van der Waals surface area contributed by atoms with E-state index in [1.165, 1.54) is 16.7 Å². The second-order valence-corrected chi connectivity index (χ2v) is 4.16. The summed E-state index contributed by atoms with van der Waals surface area (Å²) >= 11 is 0. The van der Waals surface area contributed by atoms with Gasteiger partial charge in [-0.25, -0.2) is 8.78 Å². The highest BCUT2D eigenvalue weighted by atomic mass is 19.1. The van der Waals surface area contributed by atoms with Crippen LogP contribution < -0.4 is 5.56 Å². The van der Waals surface area contributed by atoms with Crippen LogP contribution >= 0.6 is 0 Å². The van der Waals surface area contributed by atoms with Crippen LogP contribution in [-0.4, -0.2) is 4.57 Å². The van der Waals surface area contributed by atoms with E-state index in [2.05, 4.69) is 0 Å².